The second-order valence-corrected chi connectivity index (χ2v) is 9.62. The van der Waals surface area contributed by atoms with E-state index in [1.807, 2.05) is 18.2 Å². The van der Waals surface area contributed by atoms with Gasteiger partial charge in [-0.25, -0.2) is 0 Å². The maximum absolute atomic E-state index is 13.4. The minimum absolute atomic E-state index is 0.0326. The fraction of sp³-hybridized carbons (Fsp3) is 0.400. The minimum Gasteiger partial charge on any atom is -0.496 e. The van der Waals surface area contributed by atoms with E-state index in [9.17, 15) is 9.90 Å². The molecular weight excluding hydrogens is 557 g/mol. The van der Waals surface area contributed by atoms with Crippen molar-refractivity contribution in [3.05, 3.63) is 54.7 Å². The van der Waals surface area contributed by atoms with Crippen molar-refractivity contribution < 1.29 is 19.0 Å². The smallest absolute Gasteiger partial charge is 0.197 e. The molecule has 2 aromatic carbocycles. The molecule has 1 aromatic heterocycles. The van der Waals surface area contributed by atoms with E-state index in [4.69, 9.17) is 25.5 Å². The van der Waals surface area contributed by atoms with Crippen LogP contribution in [0.25, 0.3) is 22.3 Å². The van der Waals surface area contributed by atoms with Gasteiger partial charge in [-0.05, 0) is 60.7 Å². The molecule has 0 bridgehead atoms. The zero-order valence-corrected chi connectivity index (χ0v) is 21.8. The number of halogens is 2. The molecule has 0 spiro atoms. The van der Waals surface area contributed by atoms with Crippen molar-refractivity contribution in [3.8, 4) is 22.8 Å². The van der Waals surface area contributed by atoms with E-state index >= 15 is 0 Å². The maximum atomic E-state index is 13.4. The number of hydrogen-bond donors (Lipinski definition) is 1. The van der Waals surface area contributed by atoms with Gasteiger partial charge in [0, 0.05) is 45.4 Å². The van der Waals surface area contributed by atoms with E-state index in [1.54, 1.807) is 13.2 Å². The highest BCUT2D eigenvalue weighted by Crippen LogP contribution is 2.46. The molecule has 3 aromatic rings. The number of likely N-dealkylation sites (tertiary alicyclic amines) is 1. The lowest BCUT2D eigenvalue weighted by atomic mass is 9.87. The van der Waals surface area contributed by atoms with Gasteiger partial charge >= 0.3 is 0 Å². The highest BCUT2D eigenvalue weighted by Gasteiger charge is 2.38. The van der Waals surface area contributed by atoms with E-state index in [1.165, 1.54) is 13.2 Å². The van der Waals surface area contributed by atoms with Crippen LogP contribution in [0.5, 0.6) is 11.5 Å². The van der Waals surface area contributed by atoms with Crippen molar-refractivity contribution in [2.45, 2.75) is 31.7 Å². The maximum Gasteiger partial charge on any atom is 0.197 e. The summed E-state index contributed by atoms with van der Waals surface area (Å²) < 4.78 is 18.7. The van der Waals surface area contributed by atoms with Crippen LogP contribution in [0.15, 0.2) is 39.5 Å². The van der Waals surface area contributed by atoms with Gasteiger partial charge in [-0.15, -0.1) is 0 Å². The van der Waals surface area contributed by atoms with Gasteiger partial charge in [0.2, 0.25) is 0 Å². The van der Waals surface area contributed by atoms with Crippen LogP contribution in [0, 0.1) is 3.57 Å². The van der Waals surface area contributed by atoms with Gasteiger partial charge in [0.15, 0.2) is 5.43 Å². The Morgan fingerprint density at radius 3 is 2.67 bits per heavy atom. The first-order valence-electron chi connectivity index (χ1n) is 11.0. The third-order valence-electron chi connectivity index (χ3n) is 6.49. The standard InChI is InChI=1S/C25H27ClINO5/c1-4-28-10-8-14(17(28)9-11-29)22-20(31-2)13-21(32-3)23-18(30)12-19(33-25(22)23)15-6-5-7-16(27)24(15)26/h5-7,12-14,17,29H,4,8-11H2,1-3H3/t14-,17+/m1/s1. The summed E-state index contributed by atoms with van der Waals surface area (Å²) >= 11 is 8.73. The van der Waals surface area contributed by atoms with Gasteiger partial charge in [0.05, 0.1) is 19.2 Å². The molecule has 33 heavy (non-hydrogen) atoms. The fourth-order valence-corrected chi connectivity index (χ4v) is 5.69. The molecular formula is C25H27ClINO5. The monoisotopic (exact) mass is 583 g/mol. The van der Waals surface area contributed by atoms with E-state index in [-0.39, 0.29) is 24.0 Å². The molecule has 1 N–H and O–H groups in total. The first kappa shape index (κ1) is 24.3. The van der Waals surface area contributed by atoms with Crippen LogP contribution < -0.4 is 14.9 Å². The Morgan fingerprint density at radius 2 is 2.00 bits per heavy atom. The normalized spacial score (nSPS) is 18.7. The summed E-state index contributed by atoms with van der Waals surface area (Å²) in [7, 11) is 3.14. The molecule has 0 amide bonds. The molecule has 0 aliphatic carbocycles. The van der Waals surface area contributed by atoms with Crippen LogP contribution in [0.1, 0.15) is 31.2 Å². The summed E-state index contributed by atoms with van der Waals surface area (Å²) in [5.41, 5.74) is 1.74. The third kappa shape index (κ3) is 4.36. The fourth-order valence-electron chi connectivity index (χ4n) is 4.97. The quantitative estimate of drug-likeness (QED) is 0.381. The molecule has 1 fully saturated rings. The number of aliphatic hydroxyl groups excluding tert-OH is 1. The van der Waals surface area contributed by atoms with Crippen molar-refractivity contribution in [3.63, 3.8) is 0 Å². The lowest BCUT2D eigenvalue weighted by Gasteiger charge is -2.28. The molecule has 8 heteroatoms. The molecule has 1 aliphatic heterocycles. The van der Waals surface area contributed by atoms with Gasteiger partial charge in [-0.2, -0.15) is 0 Å². The number of likely N-dealkylation sites (N-methyl/N-ethyl adjacent to an activating group) is 1. The second kappa shape index (κ2) is 10.2. The van der Waals surface area contributed by atoms with Crippen LogP contribution in [-0.4, -0.2) is 50.0 Å². The number of fused-ring (bicyclic) bond motifs is 1. The van der Waals surface area contributed by atoms with Gasteiger partial charge in [0.25, 0.3) is 0 Å². The molecule has 0 saturated carbocycles. The number of hydrogen-bond acceptors (Lipinski definition) is 6. The van der Waals surface area contributed by atoms with Crippen molar-refractivity contribution in [2.75, 3.05) is 33.9 Å². The van der Waals surface area contributed by atoms with E-state index < -0.39 is 0 Å². The largest absolute Gasteiger partial charge is 0.496 e. The summed E-state index contributed by atoms with van der Waals surface area (Å²) in [6, 6.07) is 8.97. The van der Waals surface area contributed by atoms with Crippen molar-refractivity contribution in [1.82, 2.24) is 4.90 Å². The van der Waals surface area contributed by atoms with Crippen LogP contribution in [0.2, 0.25) is 5.02 Å². The summed E-state index contributed by atoms with van der Waals surface area (Å²) in [5, 5.41) is 10.7. The van der Waals surface area contributed by atoms with Crippen LogP contribution in [-0.2, 0) is 0 Å². The Balaban J connectivity index is 2.04. The van der Waals surface area contributed by atoms with Crippen LogP contribution >= 0.6 is 34.2 Å². The van der Waals surface area contributed by atoms with E-state index in [2.05, 4.69) is 34.4 Å². The van der Waals surface area contributed by atoms with Crippen molar-refractivity contribution >= 4 is 45.2 Å². The number of rotatable bonds is 7. The predicted molar refractivity (Wildman–Crippen MR) is 139 cm³/mol. The Hall–Kier alpha value is -1.81. The zero-order valence-electron chi connectivity index (χ0n) is 18.9. The van der Waals surface area contributed by atoms with Gasteiger partial charge in [0.1, 0.15) is 28.2 Å². The summed E-state index contributed by atoms with van der Waals surface area (Å²) in [6.07, 6.45) is 1.50. The summed E-state index contributed by atoms with van der Waals surface area (Å²) in [5.74, 6) is 1.45. The van der Waals surface area contributed by atoms with Crippen LogP contribution in [0.4, 0.5) is 0 Å². The van der Waals surface area contributed by atoms with E-state index in [0.717, 1.165) is 28.6 Å². The lowest BCUT2D eigenvalue weighted by molar-refractivity contribution is 0.192. The van der Waals surface area contributed by atoms with Gasteiger partial charge in [-0.3, -0.25) is 9.69 Å². The predicted octanol–water partition coefficient (Wildman–Crippen LogP) is 5.30. The number of aliphatic hydroxyl groups is 1. The lowest BCUT2D eigenvalue weighted by Crippen LogP contribution is -2.33. The number of benzene rings is 2. The minimum atomic E-state index is -0.203. The molecule has 2 heterocycles. The van der Waals surface area contributed by atoms with Gasteiger partial charge < -0.3 is 19.0 Å². The third-order valence-corrected chi connectivity index (χ3v) is 8.11. The highest BCUT2D eigenvalue weighted by atomic mass is 127. The van der Waals surface area contributed by atoms with Crippen molar-refractivity contribution in [1.29, 1.82) is 0 Å². The zero-order chi connectivity index (χ0) is 23.7. The number of methoxy groups -OCH3 is 2. The Bertz CT molecular complexity index is 1230. The SMILES string of the molecule is CCN1CC[C@@H](c2c(OC)cc(OC)c3c(=O)cc(-c4cccc(I)c4Cl)oc23)[C@@H]1CCO. The molecule has 0 unspecified atom stereocenters. The molecule has 176 valence electrons. The van der Waals surface area contributed by atoms with Crippen LogP contribution in [0.3, 0.4) is 0 Å². The molecule has 6 nitrogen and oxygen atoms in total. The Morgan fingerprint density at radius 1 is 1.24 bits per heavy atom. The van der Waals surface area contributed by atoms with E-state index in [0.29, 0.717) is 45.2 Å². The number of nitrogens with zero attached hydrogens (tertiary/aromatic N) is 1. The average Bonchev–Trinajstić information content (AvgIpc) is 3.21. The Kier molecular flexibility index (Phi) is 7.53. The first-order valence-corrected chi connectivity index (χ1v) is 12.4. The topological polar surface area (TPSA) is 72.1 Å². The summed E-state index contributed by atoms with van der Waals surface area (Å²) in [6.45, 7) is 3.98. The molecule has 4 rings (SSSR count). The van der Waals surface area contributed by atoms with Crippen molar-refractivity contribution in [2.24, 2.45) is 0 Å². The average molecular weight is 584 g/mol. The highest BCUT2D eigenvalue weighted by molar-refractivity contribution is 14.1. The molecule has 1 saturated heterocycles. The molecule has 2 atom stereocenters. The summed E-state index contributed by atoms with van der Waals surface area (Å²) in [4.78, 5) is 15.7. The molecule has 1 aliphatic rings. The molecule has 0 radical (unpaired) electrons. The first-order chi connectivity index (χ1) is 15.9. The Labute approximate surface area is 211 Å². The number of ether oxygens (including phenoxy) is 2. The second-order valence-electron chi connectivity index (χ2n) is 8.08. The van der Waals surface area contributed by atoms with Gasteiger partial charge in [-0.1, -0.05) is 24.6 Å².